The largest absolute Gasteiger partial charge is 0.497 e. The SMILES string of the molecule is COc1ccc(CN2CCC(CNCc3ccco3)CC2)cc1. The van der Waals surface area contributed by atoms with Crippen LogP contribution < -0.4 is 10.1 Å². The maximum absolute atomic E-state index is 5.34. The van der Waals surface area contributed by atoms with Gasteiger partial charge in [0.2, 0.25) is 0 Å². The number of furan rings is 1. The summed E-state index contributed by atoms with van der Waals surface area (Å²) in [6.45, 7) is 5.31. The van der Waals surface area contributed by atoms with Crippen LogP contribution in [0.3, 0.4) is 0 Å². The summed E-state index contributed by atoms with van der Waals surface area (Å²) in [4.78, 5) is 2.55. The van der Waals surface area contributed by atoms with Gasteiger partial charge in [0.15, 0.2) is 0 Å². The number of rotatable bonds is 7. The first-order valence-electron chi connectivity index (χ1n) is 8.42. The maximum Gasteiger partial charge on any atom is 0.118 e. The first kappa shape index (κ1) is 16.1. The molecule has 0 aliphatic carbocycles. The number of benzene rings is 1. The highest BCUT2D eigenvalue weighted by molar-refractivity contribution is 5.27. The predicted octanol–water partition coefficient (Wildman–Crippen LogP) is 3.29. The molecule has 0 atom stereocenters. The Balaban J connectivity index is 1.36. The van der Waals surface area contributed by atoms with E-state index in [4.69, 9.17) is 9.15 Å². The molecule has 0 saturated carbocycles. The van der Waals surface area contributed by atoms with Crippen molar-refractivity contribution in [2.24, 2.45) is 5.92 Å². The number of hydrogen-bond donors (Lipinski definition) is 1. The number of likely N-dealkylation sites (tertiary alicyclic amines) is 1. The topological polar surface area (TPSA) is 37.6 Å². The van der Waals surface area contributed by atoms with Crippen molar-refractivity contribution in [3.63, 3.8) is 0 Å². The van der Waals surface area contributed by atoms with Crippen LogP contribution in [0.15, 0.2) is 47.1 Å². The van der Waals surface area contributed by atoms with Crippen LogP contribution in [-0.2, 0) is 13.1 Å². The van der Waals surface area contributed by atoms with Gasteiger partial charge in [0.1, 0.15) is 11.5 Å². The third-order valence-electron chi connectivity index (χ3n) is 4.58. The van der Waals surface area contributed by atoms with E-state index in [-0.39, 0.29) is 0 Å². The Morgan fingerprint density at radius 3 is 2.61 bits per heavy atom. The van der Waals surface area contributed by atoms with Crippen LogP contribution in [0.2, 0.25) is 0 Å². The third kappa shape index (κ3) is 4.85. The van der Waals surface area contributed by atoms with Crippen molar-refractivity contribution in [3.05, 3.63) is 54.0 Å². The van der Waals surface area contributed by atoms with Gasteiger partial charge in [-0.25, -0.2) is 0 Å². The monoisotopic (exact) mass is 314 g/mol. The van der Waals surface area contributed by atoms with Crippen molar-refractivity contribution in [2.45, 2.75) is 25.9 Å². The quantitative estimate of drug-likeness (QED) is 0.851. The van der Waals surface area contributed by atoms with Crippen LogP contribution >= 0.6 is 0 Å². The first-order chi connectivity index (χ1) is 11.3. The fourth-order valence-corrected chi connectivity index (χ4v) is 3.15. The van der Waals surface area contributed by atoms with Crippen molar-refractivity contribution in [1.82, 2.24) is 10.2 Å². The Labute approximate surface area is 138 Å². The van der Waals surface area contributed by atoms with Gasteiger partial charge in [-0.3, -0.25) is 4.90 Å². The molecule has 1 aliphatic heterocycles. The highest BCUT2D eigenvalue weighted by Gasteiger charge is 2.19. The lowest BCUT2D eigenvalue weighted by atomic mass is 9.96. The molecule has 23 heavy (non-hydrogen) atoms. The zero-order valence-electron chi connectivity index (χ0n) is 13.8. The average Bonchev–Trinajstić information content (AvgIpc) is 3.11. The summed E-state index contributed by atoms with van der Waals surface area (Å²) in [6.07, 6.45) is 4.26. The molecule has 2 aromatic rings. The molecule has 4 heteroatoms. The van der Waals surface area contributed by atoms with Gasteiger partial charge in [0.05, 0.1) is 19.9 Å². The van der Waals surface area contributed by atoms with Crippen molar-refractivity contribution >= 4 is 0 Å². The normalized spacial score (nSPS) is 16.6. The standard InChI is InChI=1S/C19H26N2O2/c1-22-18-6-4-17(5-7-18)15-21-10-8-16(9-11-21)13-20-14-19-3-2-12-23-19/h2-7,12,16,20H,8-11,13-15H2,1H3. The molecule has 0 radical (unpaired) electrons. The summed E-state index contributed by atoms with van der Waals surface area (Å²) in [5.41, 5.74) is 1.36. The van der Waals surface area contributed by atoms with Crippen molar-refractivity contribution in [3.8, 4) is 5.75 Å². The van der Waals surface area contributed by atoms with Gasteiger partial charge >= 0.3 is 0 Å². The second-order valence-corrected chi connectivity index (χ2v) is 6.28. The predicted molar refractivity (Wildman–Crippen MR) is 91.4 cm³/mol. The molecule has 1 aromatic heterocycles. The Bertz CT molecular complexity index is 558. The molecule has 1 aliphatic rings. The van der Waals surface area contributed by atoms with E-state index in [9.17, 15) is 0 Å². The smallest absolute Gasteiger partial charge is 0.118 e. The van der Waals surface area contributed by atoms with E-state index in [2.05, 4.69) is 22.3 Å². The van der Waals surface area contributed by atoms with E-state index in [1.807, 2.05) is 24.3 Å². The van der Waals surface area contributed by atoms with Gasteiger partial charge in [0.25, 0.3) is 0 Å². The van der Waals surface area contributed by atoms with E-state index >= 15 is 0 Å². The zero-order chi connectivity index (χ0) is 15.9. The van der Waals surface area contributed by atoms with Gasteiger partial charge in [0, 0.05) is 6.54 Å². The minimum Gasteiger partial charge on any atom is -0.497 e. The number of methoxy groups -OCH3 is 1. The average molecular weight is 314 g/mol. The minimum atomic E-state index is 0.775. The molecule has 124 valence electrons. The Hall–Kier alpha value is -1.78. The van der Waals surface area contributed by atoms with Crippen LogP contribution in [-0.4, -0.2) is 31.6 Å². The summed E-state index contributed by atoms with van der Waals surface area (Å²) in [7, 11) is 1.71. The fraction of sp³-hybridized carbons (Fsp3) is 0.474. The number of piperidine rings is 1. The van der Waals surface area contributed by atoms with E-state index in [1.165, 1.54) is 31.5 Å². The van der Waals surface area contributed by atoms with Crippen molar-refractivity contribution in [2.75, 3.05) is 26.7 Å². The fourth-order valence-electron chi connectivity index (χ4n) is 3.15. The number of nitrogens with zero attached hydrogens (tertiary/aromatic N) is 1. The lowest BCUT2D eigenvalue weighted by Gasteiger charge is -2.32. The van der Waals surface area contributed by atoms with Gasteiger partial charge in [-0.05, 0) is 68.2 Å². The highest BCUT2D eigenvalue weighted by Crippen LogP contribution is 2.19. The highest BCUT2D eigenvalue weighted by atomic mass is 16.5. The lowest BCUT2D eigenvalue weighted by molar-refractivity contribution is 0.175. The molecule has 4 nitrogen and oxygen atoms in total. The zero-order valence-corrected chi connectivity index (χ0v) is 13.8. The molecule has 0 amide bonds. The molecule has 0 bridgehead atoms. The lowest BCUT2D eigenvalue weighted by Crippen LogP contribution is -2.36. The summed E-state index contributed by atoms with van der Waals surface area (Å²) in [5.74, 6) is 2.72. The first-order valence-corrected chi connectivity index (χ1v) is 8.42. The van der Waals surface area contributed by atoms with Gasteiger partial charge in [-0.1, -0.05) is 12.1 Å². The molecule has 0 unspecified atom stereocenters. The molecular weight excluding hydrogens is 288 g/mol. The molecular formula is C19H26N2O2. The molecule has 3 rings (SSSR count). The van der Waals surface area contributed by atoms with E-state index in [1.54, 1.807) is 13.4 Å². The second kappa shape index (κ2) is 8.18. The minimum absolute atomic E-state index is 0.775. The Kier molecular flexibility index (Phi) is 5.72. The number of hydrogen-bond acceptors (Lipinski definition) is 4. The van der Waals surface area contributed by atoms with Gasteiger partial charge in [-0.15, -0.1) is 0 Å². The molecule has 0 spiro atoms. The van der Waals surface area contributed by atoms with Crippen LogP contribution in [0.4, 0.5) is 0 Å². The van der Waals surface area contributed by atoms with Crippen molar-refractivity contribution < 1.29 is 9.15 Å². The van der Waals surface area contributed by atoms with Crippen LogP contribution in [0, 0.1) is 5.92 Å². The van der Waals surface area contributed by atoms with Gasteiger partial charge < -0.3 is 14.5 Å². The number of nitrogens with one attached hydrogen (secondary N) is 1. The van der Waals surface area contributed by atoms with E-state index < -0.39 is 0 Å². The van der Waals surface area contributed by atoms with E-state index in [0.29, 0.717) is 0 Å². The summed E-state index contributed by atoms with van der Waals surface area (Å²) < 4.78 is 10.6. The summed E-state index contributed by atoms with van der Waals surface area (Å²) in [5, 5.41) is 3.51. The second-order valence-electron chi connectivity index (χ2n) is 6.28. The maximum atomic E-state index is 5.34. The molecule has 1 N–H and O–H groups in total. The number of ether oxygens (including phenoxy) is 1. The van der Waals surface area contributed by atoms with E-state index in [0.717, 1.165) is 37.1 Å². The molecule has 1 fully saturated rings. The van der Waals surface area contributed by atoms with Crippen LogP contribution in [0.25, 0.3) is 0 Å². The van der Waals surface area contributed by atoms with Crippen LogP contribution in [0.5, 0.6) is 5.75 Å². The summed E-state index contributed by atoms with van der Waals surface area (Å²) >= 11 is 0. The Morgan fingerprint density at radius 1 is 1.17 bits per heavy atom. The molecule has 2 heterocycles. The van der Waals surface area contributed by atoms with Crippen molar-refractivity contribution in [1.29, 1.82) is 0 Å². The summed E-state index contributed by atoms with van der Waals surface area (Å²) in [6, 6.07) is 12.4. The molecule has 1 aromatic carbocycles. The Morgan fingerprint density at radius 2 is 1.96 bits per heavy atom. The third-order valence-corrected chi connectivity index (χ3v) is 4.58. The van der Waals surface area contributed by atoms with Crippen LogP contribution in [0.1, 0.15) is 24.2 Å². The van der Waals surface area contributed by atoms with Gasteiger partial charge in [-0.2, -0.15) is 0 Å². The molecule has 1 saturated heterocycles.